The summed E-state index contributed by atoms with van der Waals surface area (Å²) in [7, 11) is -3.98. The summed E-state index contributed by atoms with van der Waals surface area (Å²) in [6.45, 7) is 0.121. The summed E-state index contributed by atoms with van der Waals surface area (Å²) in [6.07, 6.45) is 2.87. The van der Waals surface area contributed by atoms with Gasteiger partial charge in [-0.15, -0.1) is 0 Å². The van der Waals surface area contributed by atoms with Crippen LogP contribution in [0.5, 0.6) is 11.5 Å². The van der Waals surface area contributed by atoms with Gasteiger partial charge in [-0.05, 0) is 36.4 Å². The third kappa shape index (κ3) is 3.55. The Morgan fingerprint density at radius 2 is 1.89 bits per heavy atom. The first-order chi connectivity index (χ1) is 13.0. The van der Waals surface area contributed by atoms with E-state index in [4.69, 9.17) is 13.9 Å². The van der Waals surface area contributed by atoms with Gasteiger partial charge in [0.25, 0.3) is 15.9 Å². The molecule has 0 radical (unpaired) electrons. The van der Waals surface area contributed by atoms with E-state index in [1.54, 1.807) is 30.3 Å². The lowest BCUT2D eigenvalue weighted by molar-refractivity contribution is 0.0991. The molecule has 2 aromatic heterocycles. The van der Waals surface area contributed by atoms with E-state index in [0.717, 1.165) is 0 Å². The molecular weight excluding hydrogens is 374 g/mol. The number of rotatable bonds is 5. The van der Waals surface area contributed by atoms with Crippen molar-refractivity contribution in [2.24, 2.45) is 0 Å². The van der Waals surface area contributed by atoms with Crippen LogP contribution in [0.1, 0.15) is 10.6 Å². The number of fused-ring (bicyclic) bond motifs is 1. The first-order valence-corrected chi connectivity index (χ1v) is 9.23. The summed E-state index contributed by atoms with van der Waals surface area (Å²) in [4.78, 5) is 16.1. The third-order valence-corrected chi connectivity index (χ3v) is 4.87. The van der Waals surface area contributed by atoms with Crippen LogP contribution in [-0.2, 0) is 10.0 Å². The molecule has 2 N–H and O–H groups in total. The number of amides is 1. The van der Waals surface area contributed by atoms with Crippen LogP contribution in [0, 0.1) is 0 Å². The van der Waals surface area contributed by atoms with Gasteiger partial charge in [0.05, 0.1) is 11.9 Å². The average molecular weight is 387 g/mol. The van der Waals surface area contributed by atoms with Crippen LogP contribution in [0.4, 0.5) is 11.4 Å². The van der Waals surface area contributed by atoms with Gasteiger partial charge < -0.3 is 19.2 Å². The molecule has 3 heterocycles. The molecule has 0 bridgehead atoms. The number of carbonyl (C=O) groups excluding carboxylic acids is 1. The average Bonchev–Trinajstić information content (AvgIpc) is 3.32. The molecule has 0 atom stereocenters. The van der Waals surface area contributed by atoms with E-state index >= 15 is 0 Å². The van der Waals surface area contributed by atoms with Crippen molar-refractivity contribution in [2.45, 2.75) is 5.09 Å². The molecule has 0 fully saturated rings. The van der Waals surface area contributed by atoms with E-state index in [1.165, 1.54) is 24.5 Å². The number of pyridine rings is 1. The predicted octanol–water partition coefficient (Wildman–Crippen LogP) is 2.46. The van der Waals surface area contributed by atoms with Crippen LogP contribution in [0.3, 0.4) is 0 Å². The second-order valence-electron chi connectivity index (χ2n) is 5.49. The molecule has 10 heteroatoms. The number of anilines is 2. The van der Waals surface area contributed by atoms with Crippen LogP contribution in [0.15, 0.2) is 64.4 Å². The minimum absolute atomic E-state index is 0.121. The quantitative estimate of drug-likeness (QED) is 0.690. The lowest BCUT2D eigenvalue weighted by Crippen LogP contribution is -2.13. The Morgan fingerprint density at radius 1 is 1.04 bits per heavy atom. The minimum atomic E-state index is -3.98. The van der Waals surface area contributed by atoms with E-state index in [2.05, 4.69) is 15.0 Å². The highest BCUT2D eigenvalue weighted by Gasteiger charge is 2.22. The van der Waals surface area contributed by atoms with E-state index < -0.39 is 15.9 Å². The summed E-state index contributed by atoms with van der Waals surface area (Å²) in [5.41, 5.74) is 0.735. The number of benzene rings is 1. The molecule has 3 aromatic rings. The number of aromatic nitrogens is 1. The van der Waals surface area contributed by atoms with Crippen molar-refractivity contribution in [2.75, 3.05) is 16.8 Å². The number of nitrogens with zero attached hydrogens (tertiary/aromatic N) is 1. The van der Waals surface area contributed by atoms with Crippen LogP contribution >= 0.6 is 0 Å². The highest BCUT2D eigenvalue weighted by Crippen LogP contribution is 2.34. The van der Waals surface area contributed by atoms with E-state index in [9.17, 15) is 13.2 Å². The molecule has 0 spiro atoms. The molecule has 0 unspecified atom stereocenters. The van der Waals surface area contributed by atoms with Crippen LogP contribution < -0.4 is 19.5 Å². The van der Waals surface area contributed by atoms with Gasteiger partial charge in [-0.25, -0.2) is 0 Å². The Kier molecular flexibility index (Phi) is 4.16. The summed E-state index contributed by atoms with van der Waals surface area (Å²) in [5, 5.41) is 2.22. The van der Waals surface area contributed by atoms with Crippen LogP contribution in [0.2, 0.25) is 0 Å². The maximum Gasteiger partial charge on any atom is 0.295 e. The van der Waals surface area contributed by atoms with Gasteiger partial charge >= 0.3 is 0 Å². The number of nitrogens with one attached hydrogen (secondary N) is 2. The molecule has 138 valence electrons. The van der Waals surface area contributed by atoms with Gasteiger partial charge in [0.1, 0.15) is 0 Å². The fraction of sp³-hybridized carbons (Fsp3) is 0.0588. The number of sulfonamides is 1. The largest absolute Gasteiger partial charge is 0.454 e. The molecule has 0 saturated carbocycles. The zero-order valence-corrected chi connectivity index (χ0v) is 14.5. The van der Waals surface area contributed by atoms with E-state index in [-0.39, 0.29) is 23.3 Å². The first-order valence-electron chi connectivity index (χ1n) is 7.75. The maximum atomic E-state index is 12.3. The molecule has 1 aliphatic heterocycles. The Bertz CT molecular complexity index is 1090. The maximum absolute atomic E-state index is 12.3. The van der Waals surface area contributed by atoms with Gasteiger partial charge in [0, 0.05) is 18.0 Å². The highest BCUT2D eigenvalue weighted by molar-refractivity contribution is 7.92. The van der Waals surface area contributed by atoms with Crippen molar-refractivity contribution in [1.29, 1.82) is 0 Å². The normalized spacial score (nSPS) is 12.6. The fourth-order valence-electron chi connectivity index (χ4n) is 2.38. The Balaban J connectivity index is 1.49. The molecule has 4 rings (SSSR count). The monoisotopic (exact) mass is 387 g/mol. The second kappa shape index (κ2) is 6.65. The summed E-state index contributed by atoms with van der Waals surface area (Å²) < 4.78 is 42.6. The summed E-state index contributed by atoms with van der Waals surface area (Å²) in [5.74, 6) is 0.341. The van der Waals surface area contributed by atoms with Crippen molar-refractivity contribution in [3.63, 3.8) is 0 Å². The van der Waals surface area contributed by atoms with E-state index in [1.807, 2.05) is 0 Å². The fourth-order valence-corrected chi connectivity index (χ4v) is 3.36. The standard InChI is InChI=1S/C17H13N3O6S/c21-17(19-11-3-4-13-15(8-11)25-10-24-13)14-5-6-16(26-14)27(22,23)20-12-2-1-7-18-9-12/h1-9,20H,10H2,(H,19,21). The molecule has 0 saturated heterocycles. The molecule has 1 amide bonds. The van der Waals surface area contributed by atoms with Gasteiger partial charge in [-0.2, -0.15) is 8.42 Å². The first kappa shape index (κ1) is 16.9. The molecule has 1 aromatic carbocycles. The Morgan fingerprint density at radius 3 is 2.70 bits per heavy atom. The Hall–Kier alpha value is -3.53. The van der Waals surface area contributed by atoms with Crippen LogP contribution in [-0.4, -0.2) is 26.1 Å². The number of ether oxygens (including phenoxy) is 2. The topological polar surface area (TPSA) is 120 Å². The molecular formula is C17H13N3O6S. The lowest BCUT2D eigenvalue weighted by Gasteiger charge is -2.05. The van der Waals surface area contributed by atoms with Gasteiger partial charge in [-0.3, -0.25) is 14.5 Å². The van der Waals surface area contributed by atoms with Gasteiger partial charge in [0.2, 0.25) is 11.9 Å². The zero-order valence-electron chi connectivity index (χ0n) is 13.7. The van der Waals surface area contributed by atoms with Crippen molar-refractivity contribution >= 4 is 27.3 Å². The van der Waals surface area contributed by atoms with Crippen molar-refractivity contribution in [3.8, 4) is 11.5 Å². The number of hydrogen-bond donors (Lipinski definition) is 2. The predicted molar refractivity (Wildman–Crippen MR) is 94.3 cm³/mol. The minimum Gasteiger partial charge on any atom is -0.454 e. The molecule has 0 aliphatic carbocycles. The second-order valence-corrected chi connectivity index (χ2v) is 7.10. The lowest BCUT2D eigenvalue weighted by atomic mass is 10.2. The SMILES string of the molecule is O=C(Nc1ccc2c(c1)OCO2)c1ccc(S(=O)(=O)Nc2cccnc2)o1. The summed E-state index contributed by atoms with van der Waals surface area (Å²) in [6, 6.07) is 10.5. The van der Waals surface area contributed by atoms with Crippen molar-refractivity contribution in [3.05, 3.63) is 60.6 Å². The van der Waals surface area contributed by atoms with Gasteiger partial charge in [-0.1, -0.05) is 0 Å². The molecule has 1 aliphatic rings. The molecule has 9 nitrogen and oxygen atoms in total. The van der Waals surface area contributed by atoms with Crippen molar-refractivity contribution in [1.82, 2.24) is 4.98 Å². The number of furan rings is 1. The smallest absolute Gasteiger partial charge is 0.295 e. The number of carbonyl (C=O) groups is 1. The summed E-state index contributed by atoms with van der Waals surface area (Å²) >= 11 is 0. The zero-order chi connectivity index (χ0) is 18.9. The number of hydrogen-bond acceptors (Lipinski definition) is 7. The van der Waals surface area contributed by atoms with Crippen molar-refractivity contribution < 1.29 is 27.1 Å². The van der Waals surface area contributed by atoms with Gasteiger partial charge in [0.15, 0.2) is 17.3 Å². The van der Waals surface area contributed by atoms with Crippen LogP contribution in [0.25, 0.3) is 0 Å². The van der Waals surface area contributed by atoms with E-state index in [0.29, 0.717) is 17.2 Å². The third-order valence-electron chi connectivity index (χ3n) is 3.61. The highest BCUT2D eigenvalue weighted by atomic mass is 32.2. The molecule has 27 heavy (non-hydrogen) atoms. The Labute approximate surface area is 154 Å².